The Kier molecular flexibility index (Phi) is 34.3. The summed E-state index contributed by atoms with van der Waals surface area (Å²) in [6.45, 7) is 2.89. The topological polar surface area (TPSA) is 651 Å². The fraction of sp³-hybridized carbons (Fsp3) is 0.804. The highest BCUT2D eigenvalue weighted by molar-refractivity contribution is 5.78. The van der Waals surface area contributed by atoms with E-state index in [1.807, 2.05) is 0 Å². The summed E-state index contributed by atoms with van der Waals surface area (Å²) in [6.07, 6.45) is -2.84. The van der Waals surface area contributed by atoms with Gasteiger partial charge in [-0.3, -0.25) is 14.8 Å². The van der Waals surface area contributed by atoms with Gasteiger partial charge in [0, 0.05) is 13.0 Å². The number of nitrogens with zero attached hydrogens (tertiary/aromatic N) is 9. The van der Waals surface area contributed by atoms with E-state index in [4.69, 9.17) is 111 Å². The molecular formula is C56H106N22O16. The number of aliphatic hydroxyl groups is 6. The van der Waals surface area contributed by atoms with Crippen molar-refractivity contribution >= 4 is 41.7 Å². The van der Waals surface area contributed by atoms with Crippen molar-refractivity contribution in [2.24, 2.45) is 98.8 Å². The third-order valence-corrected chi connectivity index (χ3v) is 15.7. The van der Waals surface area contributed by atoms with Crippen LogP contribution in [0.3, 0.4) is 0 Å². The molecule has 31 N–H and O–H groups in total. The molecule has 0 spiro atoms. The quantitative estimate of drug-likeness (QED) is 0.0125. The second kappa shape index (κ2) is 41.4. The number of hydrogen-bond donors (Lipinski definition) is 19. The molecule has 4 aliphatic rings. The zero-order valence-corrected chi connectivity index (χ0v) is 53.6. The van der Waals surface area contributed by atoms with Crippen molar-refractivity contribution in [3.63, 3.8) is 0 Å². The van der Waals surface area contributed by atoms with Crippen LogP contribution in [0, 0.1) is 0 Å². The van der Waals surface area contributed by atoms with Gasteiger partial charge in [0.1, 0.15) is 91.0 Å². The Morgan fingerprint density at radius 3 is 1.56 bits per heavy atom. The average Bonchev–Trinajstić information content (AvgIpc) is 1.30. The van der Waals surface area contributed by atoms with Crippen LogP contribution in [0.4, 0.5) is 0 Å². The van der Waals surface area contributed by atoms with Crippen LogP contribution in [-0.2, 0) is 60.6 Å². The van der Waals surface area contributed by atoms with Gasteiger partial charge in [0.15, 0.2) is 54.6 Å². The molecule has 0 unspecified atom stereocenters. The zero-order valence-electron chi connectivity index (χ0n) is 53.6. The average molecular weight is 1340 g/mol. The number of nitrogens with two attached hydrogens (primary N) is 12. The van der Waals surface area contributed by atoms with E-state index in [9.17, 15) is 35.4 Å². The molecule has 5 rings (SSSR count). The first-order valence-electron chi connectivity index (χ1n) is 32.0. The highest BCUT2D eigenvalue weighted by Gasteiger charge is 2.56. The van der Waals surface area contributed by atoms with Gasteiger partial charge >= 0.3 is 0 Å². The van der Waals surface area contributed by atoms with Crippen molar-refractivity contribution < 1.29 is 78.1 Å². The maximum Gasteiger partial charge on any atom is 0.220 e. The molecule has 38 heteroatoms. The number of ether oxygens (including phenoxy) is 9. The number of aromatic nitrogens is 3. The highest BCUT2D eigenvalue weighted by Crippen LogP contribution is 2.38. The molecule has 536 valence electrons. The Balaban J connectivity index is 1.22. The van der Waals surface area contributed by atoms with Gasteiger partial charge in [0.25, 0.3) is 0 Å². The van der Waals surface area contributed by atoms with E-state index in [2.05, 4.69) is 64.7 Å². The smallest absolute Gasteiger partial charge is 0.220 e. The van der Waals surface area contributed by atoms with Crippen LogP contribution in [0.1, 0.15) is 109 Å². The molecule has 0 bridgehead atoms. The molecule has 19 atom stereocenters. The van der Waals surface area contributed by atoms with Crippen molar-refractivity contribution in [1.82, 2.24) is 20.3 Å². The molecule has 1 aliphatic carbocycles. The molecule has 94 heavy (non-hydrogen) atoms. The SMILES string of the molecule is CCCCCCCC/C=C\CCCCCCCC(=O)NCCOCCOCCOCc1cn(C[C@H]2O[C@@H](O[C@@H]3[C@@H](O)[C@H](N=C(N)N)C[C@H](N=C(N)N)[C@H]3O[C@H]3O[C@H](CN=C(N)N)[C@@H](O)[C@H](O)[C@H]3N=C(N)N)[C@H](O)[C@@H]2O[C@@H]2O[C@@H](CN=C(N)N)[C@H](O)[C@@H](O)[C@@H]2N=C(N)N)nn1. The van der Waals surface area contributed by atoms with Crippen LogP contribution in [0.5, 0.6) is 0 Å². The number of aliphatic hydroxyl groups excluding tert-OH is 6. The van der Waals surface area contributed by atoms with E-state index < -0.39 is 147 Å². The summed E-state index contributed by atoms with van der Waals surface area (Å²) in [4.78, 5) is 36.8. The second-order valence-corrected chi connectivity index (χ2v) is 23.4. The molecule has 4 fully saturated rings. The van der Waals surface area contributed by atoms with Crippen LogP contribution in [-0.4, -0.2) is 256 Å². The van der Waals surface area contributed by atoms with Gasteiger partial charge in [-0.2, -0.15) is 0 Å². The molecule has 1 aromatic heterocycles. The molecule has 1 amide bonds. The largest absolute Gasteiger partial charge is 0.388 e. The summed E-state index contributed by atoms with van der Waals surface area (Å²) in [5, 5.41) is 81.0. The Morgan fingerprint density at radius 1 is 0.543 bits per heavy atom. The number of rotatable bonds is 42. The molecule has 1 aromatic rings. The third kappa shape index (κ3) is 26.5. The number of guanidine groups is 6. The van der Waals surface area contributed by atoms with Crippen LogP contribution < -0.4 is 74.1 Å². The number of aliphatic imine (C=N–C) groups is 6. The van der Waals surface area contributed by atoms with Crippen molar-refractivity contribution in [3.8, 4) is 0 Å². The standard InChI is InChI=1S/C56H106N22O16/c1-2-3-4-5-6-7-8-9-10-11-12-13-14-15-16-17-36(79)69-18-19-86-20-21-87-22-23-88-29-30-27-78(77-76-30)28-35-46(93-49-38(75-56(67)68)43(84)41(82)34(90-49)26-71-52(59)60)44(85)50(91-35)94-47-39(80)31(72-53(61)62)24-32(73-54(63)64)45(47)92-48-37(74-55(65)66)42(83)40(81)33(89-48)25-70-51(57)58/h9-10,27,31-35,37-50,80-85H,2-8,11-26,28-29H2,1H3,(H,69,79)(H4,57,58,70)(H4,59,60,71)(H4,61,62,72)(H4,63,64,73)(H4,65,66,74)(H4,67,68,75)/b10-9-/t31-,32+,33-,34+,35-,37-,38+,39+,40-,41+,42-,43+,44-,45-,46-,47-,48-,49+,50+/m1/s1. The van der Waals surface area contributed by atoms with Crippen molar-refractivity contribution in [2.75, 3.05) is 52.7 Å². The minimum Gasteiger partial charge on any atom is -0.388 e. The summed E-state index contributed by atoms with van der Waals surface area (Å²) < 4.78 is 56.5. The van der Waals surface area contributed by atoms with Crippen molar-refractivity contribution in [3.05, 3.63) is 24.0 Å². The summed E-state index contributed by atoms with van der Waals surface area (Å²) in [6, 6.07) is -5.64. The lowest BCUT2D eigenvalue weighted by molar-refractivity contribution is -0.306. The van der Waals surface area contributed by atoms with Crippen molar-refractivity contribution in [2.45, 2.75) is 233 Å². The molecule has 3 aliphatic heterocycles. The summed E-state index contributed by atoms with van der Waals surface area (Å²) in [5.74, 6) is -2.78. The number of nitrogens with one attached hydrogen (secondary N) is 1. The molecule has 38 nitrogen and oxygen atoms in total. The summed E-state index contributed by atoms with van der Waals surface area (Å²) >= 11 is 0. The van der Waals surface area contributed by atoms with Gasteiger partial charge in [0.05, 0.1) is 77.6 Å². The number of carbonyl (C=O) groups excluding carboxylic acids is 1. The molecule has 0 radical (unpaired) electrons. The van der Waals surface area contributed by atoms with E-state index in [0.717, 1.165) is 25.7 Å². The molecular weight excluding hydrogens is 1240 g/mol. The Hall–Kier alpha value is -6.63. The normalized spacial score (nSPS) is 30.1. The van der Waals surface area contributed by atoms with Crippen LogP contribution in [0.25, 0.3) is 0 Å². The molecule has 0 aromatic carbocycles. The van der Waals surface area contributed by atoms with E-state index >= 15 is 0 Å². The number of allylic oxidation sites excluding steroid dienone is 2. The number of hydrogen-bond acceptors (Lipinski definition) is 24. The predicted octanol–water partition coefficient (Wildman–Crippen LogP) is -7.00. The number of carbonyl (C=O) groups is 1. The Bertz CT molecular complexity index is 2560. The molecule has 4 heterocycles. The lowest BCUT2D eigenvalue weighted by Gasteiger charge is -2.47. The lowest BCUT2D eigenvalue weighted by atomic mass is 9.83. The summed E-state index contributed by atoms with van der Waals surface area (Å²) in [5.41, 5.74) is 69.3. The fourth-order valence-electron chi connectivity index (χ4n) is 11.1. The highest BCUT2D eigenvalue weighted by atomic mass is 16.8. The van der Waals surface area contributed by atoms with Crippen molar-refractivity contribution in [1.29, 1.82) is 0 Å². The van der Waals surface area contributed by atoms with Gasteiger partial charge < -0.3 is 147 Å². The van der Waals surface area contributed by atoms with Crippen LogP contribution in [0.2, 0.25) is 0 Å². The monoisotopic (exact) mass is 1340 g/mol. The predicted molar refractivity (Wildman–Crippen MR) is 345 cm³/mol. The fourth-order valence-corrected chi connectivity index (χ4v) is 11.1. The minimum absolute atomic E-state index is 0.00922. The van der Waals surface area contributed by atoms with E-state index in [1.165, 1.54) is 68.7 Å². The van der Waals surface area contributed by atoms with Gasteiger partial charge in [-0.1, -0.05) is 75.7 Å². The lowest BCUT2D eigenvalue weighted by Crippen LogP contribution is -2.64. The first-order valence-corrected chi connectivity index (χ1v) is 32.0. The van der Waals surface area contributed by atoms with E-state index in [-0.39, 0.29) is 63.8 Å². The first-order chi connectivity index (χ1) is 45.0. The van der Waals surface area contributed by atoms with Gasteiger partial charge in [-0.05, 0) is 38.5 Å². The van der Waals surface area contributed by atoms with E-state index in [0.29, 0.717) is 31.9 Å². The van der Waals surface area contributed by atoms with Gasteiger partial charge in [-0.15, -0.1) is 5.10 Å². The summed E-state index contributed by atoms with van der Waals surface area (Å²) in [7, 11) is 0. The Morgan fingerprint density at radius 2 is 1.02 bits per heavy atom. The first kappa shape index (κ1) is 78.1. The maximum absolute atomic E-state index is 12.4. The number of unbranched alkanes of at least 4 members (excludes halogenated alkanes) is 11. The van der Waals surface area contributed by atoms with Crippen LogP contribution >= 0.6 is 0 Å². The van der Waals surface area contributed by atoms with Gasteiger partial charge in [0.2, 0.25) is 5.91 Å². The molecule has 3 saturated heterocycles. The van der Waals surface area contributed by atoms with E-state index in [1.54, 1.807) is 0 Å². The Labute approximate surface area is 546 Å². The van der Waals surface area contributed by atoms with Gasteiger partial charge in [-0.25, -0.2) is 24.7 Å². The third-order valence-electron chi connectivity index (χ3n) is 15.7. The second-order valence-electron chi connectivity index (χ2n) is 23.4. The van der Waals surface area contributed by atoms with Crippen LogP contribution in [0.15, 0.2) is 48.3 Å². The molecule has 1 saturated carbocycles. The minimum atomic E-state index is -1.90. The number of amides is 1. The zero-order chi connectivity index (χ0) is 68.7. The maximum atomic E-state index is 12.4.